The number of para-hydroxylation sites is 2. The molecule has 0 saturated carbocycles. The van der Waals surface area contributed by atoms with Crippen LogP contribution in [-0.4, -0.2) is 86.8 Å². The largest absolute Gasteiger partial charge is 0.477 e. The van der Waals surface area contributed by atoms with Gasteiger partial charge in [-0.25, -0.2) is 14.5 Å². The minimum Gasteiger partial charge on any atom is -0.477 e. The highest BCUT2D eigenvalue weighted by molar-refractivity contribution is 8.01. The third kappa shape index (κ3) is 5.18. The molecule has 1 unspecified atom stereocenters. The van der Waals surface area contributed by atoms with Gasteiger partial charge < -0.3 is 20.7 Å². The Hall–Kier alpha value is -4.22. The van der Waals surface area contributed by atoms with E-state index in [0.29, 0.717) is 38.3 Å². The van der Waals surface area contributed by atoms with Crippen molar-refractivity contribution in [3.05, 3.63) is 58.4 Å². The van der Waals surface area contributed by atoms with Crippen molar-refractivity contribution in [3.8, 4) is 0 Å². The molecule has 17 heteroatoms. The molecule has 14 nitrogen and oxygen atoms in total. The molecular weight excluding hydrogens is 591 g/mol. The highest BCUT2D eigenvalue weighted by Crippen LogP contribution is 2.41. The average Bonchev–Trinajstić information content (AvgIpc) is 3.70. The number of aliphatic carboxylic acids is 1. The van der Waals surface area contributed by atoms with Gasteiger partial charge in [-0.15, -0.1) is 28.2 Å². The zero-order chi connectivity index (χ0) is 28.7. The van der Waals surface area contributed by atoms with Gasteiger partial charge in [0.25, 0.3) is 11.8 Å². The number of rotatable bonds is 9. The Bertz CT molecular complexity index is 1690. The van der Waals surface area contributed by atoms with Crippen LogP contribution in [-0.2, 0) is 27.9 Å². The average molecular weight is 612 g/mol. The number of tetrazole rings is 1. The molecule has 0 bridgehead atoms. The lowest BCUT2D eigenvalue weighted by atomic mass is 10.0. The smallest absolute Gasteiger partial charge is 0.352 e. The van der Waals surface area contributed by atoms with Crippen molar-refractivity contribution in [1.82, 2.24) is 40.4 Å². The number of aromatic amines is 1. The Labute approximate surface area is 244 Å². The molecule has 41 heavy (non-hydrogen) atoms. The number of amides is 3. The molecule has 0 radical (unpaired) electrons. The molecular formula is C24H21N9O5S3. The predicted octanol–water partition coefficient (Wildman–Crippen LogP) is 1.47. The summed E-state index contributed by atoms with van der Waals surface area (Å²) in [5.41, 5.74) is 2.49. The number of hydrogen-bond donors (Lipinski definition) is 4. The van der Waals surface area contributed by atoms with Gasteiger partial charge in [-0.3, -0.25) is 19.3 Å². The summed E-state index contributed by atoms with van der Waals surface area (Å²) < 4.78 is 1.48. The van der Waals surface area contributed by atoms with Gasteiger partial charge in [-0.1, -0.05) is 23.9 Å². The fraction of sp³-hybridized carbons (Fsp3) is 0.250. The van der Waals surface area contributed by atoms with Gasteiger partial charge in [-0.2, -0.15) is 0 Å². The SMILES string of the molecule is Cn1nnnc1SCC1=C(C(=O)O)N2C(=O)C(NC(=O)Cc3ccsc3NC(=O)c3nc4ccccc4[nH]3)[C@H]2SC1. The predicted molar refractivity (Wildman–Crippen MR) is 151 cm³/mol. The zero-order valence-electron chi connectivity index (χ0n) is 21.2. The lowest BCUT2D eigenvalue weighted by Crippen LogP contribution is -2.70. The van der Waals surface area contributed by atoms with E-state index in [1.54, 1.807) is 24.6 Å². The van der Waals surface area contributed by atoms with Crippen molar-refractivity contribution >= 4 is 74.6 Å². The number of nitrogens with zero attached hydrogens (tertiary/aromatic N) is 6. The van der Waals surface area contributed by atoms with Gasteiger partial charge in [0.1, 0.15) is 17.1 Å². The van der Waals surface area contributed by atoms with Crippen molar-refractivity contribution in [2.45, 2.75) is 23.0 Å². The van der Waals surface area contributed by atoms with E-state index in [2.05, 4.69) is 36.1 Å². The van der Waals surface area contributed by atoms with Crippen LogP contribution in [0.3, 0.4) is 0 Å². The molecule has 2 atom stereocenters. The number of carboxylic acid groups (broad SMARTS) is 1. The zero-order valence-corrected chi connectivity index (χ0v) is 23.7. The maximum atomic E-state index is 13.0. The number of carbonyl (C=O) groups is 4. The van der Waals surface area contributed by atoms with Crippen LogP contribution in [0.1, 0.15) is 16.2 Å². The molecule has 0 spiro atoms. The Morgan fingerprint density at radius 1 is 1.24 bits per heavy atom. The Kier molecular flexibility index (Phi) is 7.22. The monoisotopic (exact) mass is 611 g/mol. The molecule has 1 fully saturated rings. The number of H-pyrrole nitrogens is 1. The van der Waals surface area contributed by atoms with Crippen LogP contribution in [0.5, 0.6) is 0 Å². The van der Waals surface area contributed by atoms with E-state index in [1.165, 1.54) is 44.4 Å². The first kappa shape index (κ1) is 27.0. The number of benzene rings is 1. The second kappa shape index (κ2) is 11.0. The van der Waals surface area contributed by atoms with Crippen LogP contribution in [0.15, 0.2) is 52.1 Å². The molecule has 2 aliphatic rings. The van der Waals surface area contributed by atoms with Crippen LogP contribution in [0.2, 0.25) is 0 Å². The highest BCUT2D eigenvalue weighted by Gasteiger charge is 2.54. The fourth-order valence-corrected chi connectivity index (χ4v) is 7.64. The number of hydrogen-bond acceptors (Lipinski definition) is 11. The van der Waals surface area contributed by atoms with Crippen LogP contribution < -0.4 is 10.6 Å². The first-order chi connectivity index (χ1) is 19.8. The van der Waals surface area contributed by atoms with Gasteiger partial charge in [0.2, 0.25) is 11.1 Å². The van der Waals surface area contributed by atoms with Crippen LogP contribution in [0, 0.1) is 0 Å². The van der Waals surface area contributed by atoms with Crippen LogP contribution in [0.4, 0.5) is 5.00 Å². The summed E-state index contributed by atoms with van der Waals surface area (Å²) in [7, 11) is 1.68. The summed E-state index contributed by atoms with van der Waals surface area (Å²) in [4.78, 5) is 59.3. The number of aromatic nitrogens is 6. The Balaban J connectivity index is 1.09. The van der Waals surface area contributed by atoms with Crippen molar-refractivity contribution in [2.24, 2.45) is 7.05 Å². The summed E-state index contributed by atoms with van der Waals surface area (Å²) in [6.45, 7) is 0. The molecule has 1 saturated heterocycles. The number of imidazole rings is 1. The number of anilines is 1. The minimum absolute atomic E-state index is 0.0692. The van der Waals surface area contributed by atoms with Gasteiger partial charge in [0.15, 0.2) is 5.82 Å². The molecule has 1 aromatic carbocycles. The molecule has 2 aliphatic heterocycles. The van der Waals surface area contributed by atoms with Gasteiger partial charge in [-0.05, 0) is 45.1 Å². The van der Waals surface area contributed by atoms with Crippen molar-refractivity contribution in [2.75, 3.05) is 16.8 Å². The number of carboxylic acids is 1. The van der Waals surface area contributed by atoms with Crippen LogP contribution >= 0.6 is 34.9 Å². The third-order valence-corrected chi connectivity index (χ3v) is 9.76. The molecule has 3 amide bonds. The van der Waals surface area contributed by atoms with E-state index < -0.39 is 35.1 Å². The standard InChI is InChI=1S/C24H21N9O5S3/c1-32-24(29-30-31-32)41-10-12-9-40-22-16(21(36)33(22)17(12)23(37)38)27-15(34)8-11-6-7-39-20(11)28-19(35)18-25-13-4-2-3-5-14(13)26-18/h2-7,16,22H,8-10H2,1H3,(H,25,26)(H,27,34)(H,28,35)(H,37,38)/t16?,22-/m1/s1. The molecule has 6 rings (SSSR count). The highest BCUT2D eigenvalue weighted by atomic mass is 32.2. The summed E-state index contributed by atoms with van der Waals surface area (Å²) in [6, 6.07) is 8.15. The Morgan fingerprint density at radius 2 is 2.07 bits per heavy atom. The summed E-state index contributed by atoms with van der Waals surface area (Å²) in [5.74, 6) is -1.72. The van der Waals surface area contributed by atoms with E-state index in [-0.39, 0.29) is 17.9 Å². The van der Waals surface area contributed by atoms with E-state index in [9.17, 15) is 24.3 Å². The van der Waals surface area contributed by atoms with E-state index in [1.807, 2.05) is 18.2 Å². The second-order valence-corrected chi connectivity index (χ2v) is 12.1. The molecule has 0 aliphatic carbocycles. The maximum Gasteiger partial charge on any atom is 0.352 e. The lowest BCUT2D eigenvalue weighted by Gasteiger charge is -2.49. The molecule has 210 valence electrons. The van der Waals surface area contributed by atoms with Crippen molar-refractivity contribution < 1.29 is 24.3 Å². The maximum absolute atomic E-state index is 13.0. The normalized spacial score (nSPS) is 18.3. The first-order valence-electron chi connectivity index (χ1n) is 12.2. The first-order valence-corrected chi connectivity index (χ1v) is 15.1. The number of carbonyl (C=O) groups excluding carboxylic acids is 3. The molecule has 3 aromatic heterocycles. The number of β-lactam (4-membered cyclic amide) rings is 1. The second-order valence-electron chi connectivity index (χ2n) is 9.09. The summed E-state index contributed by atoms with van der Waals surface area (Å²) >= 11 is 3.93. The van der Waals surface area contributed by atoms with Crippen molar-refractivity contribution in [3.63, 3.8) is 0 Å². The van der Waals surface area contributed by atoms with Crippen molar-refractivity contribution in [1.29, 1.82) is 0 Å². The van der Waals surface area contributed by atoms with E-state index in [4.69, 9.17) is 0 Å². The quantitative estimate of drug-likeness (QED) is 0.158. The topological polar surface area (TPSA) is 188 Å². The molecule has 5 heterocycles. The lowest BCUT2D eigenvalue weighted by molar-refractivity contribution is -0.150. The van der Waals surface area contributed by atoms with Gasteiger partial charge >= 0.3 is 5.97 Å². The number of thioether (sulfide) groups is 2. The minimum atomic E-state index is -1.21. The third-order valence-electron chi connectivity index (χ3n) is 6.45. The number of thiophene rings is 1. The van der Waals surface area contributed by atoms with Crippen LogP contribution in [0.25, 0.3) is 11.0 Å². The summed E-state index contributed by atoms with van der Waals surface area (Å²) in [5, 5.41) is 28.9. The number of nitrogens with one attached hydrogen (secondary N) is 3. The molecule has 4 N–H and O–H groups in total. The summed E-state index contributed by atoms with van der Waals surface area (Å²) in [6.07, 6.45) is -0.0737. The molecule has 4 aromatic rings. The van der Waals surface area contributed by atoms with E-state index in [0.717, 1.165) is 5.52 Å². The van der Waals surface area contributed by atoms with Gasteiger partial charge in [0, 0.05) is 18.6 Å². The number of fused-ring (bicyclic) bond motifs is 2. The van der Waals surface area contributed by atoms with Gasteiger partial charge in [0.05, 0.1) is 22.5 Å². The van der Waals surface area contributed by atoms with E-state index >= 15 is 0 Å². The fourth-order valence-electron chi connectivity index (χ4n) is 4.49. The Morgan fingerprint density at radius 3 is 2.83 bits per heavy atom. The number of aryl methyl sites for hydroxylation is 1.